The van der Waals surface area contributed by atoms with Gasteiger partial charge in [-0.2, -0.15) is 10.2 Å². The SMILES string of the molecule is CCc1nn(C)c2n[nH]c(NC(=O)CCl)c12. The minimum Gasteiger partial charge on any atom is -0.309 e. The molecule has 2 rings (SSSR count). The maximum absolute atomic E-state index is 11.2. The maximum atomic E-state index is 11.2. The topological polar surface area (TPSA) is 75.6 Å². The lowest BCUT2D eigenvalue weighted by atomic mass is 10.2. The Balaban J connectivity index is 2.49. The van der Waals surface area contributed by atoms with Crippen LogP contribution in [-0.2, 0) is 18.3 Å². The Morgan fingerprint density at radius 1 is 1.62 bits per heavy atom. The maximum Gasteiger partial charge on any atom is 0.240 e. The predicted molar refractivity (Wildman–Crippen MR) is 61.6 cm³/mol. The number of rotatable bonds is 3. The molecule has 2 heterocycles. The lowest BCUT2D eigenvalue weighted by molar-refractivity contribution is -0.113. The van der Waals surface area contributed by atoms with E-state index in [9.17, 15) is 4.79 Å². The number of H-pyrrole nitrogens is 1. The molecule has 0 aliphatic heterocycles. The zero-order valence-electron chi connectivity index (χ0n) is 9.04. The Morgan fingerprint density at radius 3 is 3.00 bits per heavy atom. The van der Waals surface area contributed by atoms with Crippen molar-refractivity contribution in [2.45, 2.75) is 13.3 Å². The van der Waals surface area contributed by atoms with Crippen LogP contribution in [0.2, 0.25) is 0 Å². The van der Waals surface area contributed by atoms with E-state index in [0.29, 0.717) is 5.82 Å². The van der Waals surface area contributed by atoms with Gasteiger partial charge in [0.15, 0.2) is 5.65 Å². The van der Waals surface area contributed by atoms with Crippen molar-refractivity contribution in [1.29, 1.82) is 0 Å². The monoisotopic (exact) mass is 241 g/mol. The van der Waals surface area contributed by atoms with E-state index < -0.39 is 0 Å². The standard InChI is InChI=1S/C9H12ClN5O/c1-3-5-7-8(11-6(16)4-10)12-13-9(7)15(2)14-5/h3-4H2,1-2H3,(H2,11,12,13,16). The zero-order chi connectivity index (χ0) is 11.7. The average Bonchev–Trinajstić information content (AvgIpc) is 2.81. The Kier molecular flexibility index (Phi) is 2.82. The van der Waals surface area contributed by atoms with Gasteiger partial charge >= 0.3 is 0 Å². The molecule has 2 aromatic heterocycles. The van der Waals surface area contributed by atoms with Crippen LogP contribution < -0.4 is 5.32 Å². The number of nitrogens with one attached hydrogen (secondary N) is 2. The number of fused-ring (bicyclic) bond motifs is 1. The van der Waals surface area contributed by atoms with E-state index in [1.54, 1.807) is 4.68 Å². The number of hydrogen-bond donors (Lipinski definition) is 2. The molecule has 0 saturated carbocycles. The van der Waals surface area contributed by atoms with Gasteiger partial charge in [0.2, 0.25) is 5.91 Å². The van der Waals surface area contributed by atoms with Crippen LogP contribution in [0.3, 0.4) is 0 Å². The fourth-order valence-electron chi connectivity index (χ4n) is 1.63. The minimum atomic E-state index is -0.266. The van der Waals surface area contributed by atoms with Crippen LogP contribution in [0.15, 0.2) is 0 Å². The summed E-state index contributed by atoms with van der Waals surface area (Å²) in [6, 6.07) is 0. The van der Waals surface area contributed by atoms with Gasteiger partial charge in [-0.1, -0.05) is 6.92 Å². The molecule has 0 atom stereocenters. The Hall–Kier alpha value is -1.56. The average molecular weight is 242 g/mol. The summed E-state index contributed by atoms with van der Waals surface area (Å²) >= 11 is 5.43. The van der Waals surface area contributed by atoms with Crippen LogP contribution in [0.1, 0.15) is 12.6 Å². The summed E-state index contributed by atoms with van der Waals surface area (Å²) in [6.45, 7) is 2.00. The molecule has 0 bridgehead atoms. The normalized spacial score (nSPS) is 10.9. The van der Waals surface area contributed by atoms with Gasteiger partial charge in [-0.05, 0) is 6.42 Å². The fourth-order valence-corrected chi connectivity index (χ4v) is 1.70. The number of aryl methyl sites for hydroxylation is 2. The first-order valence-corrected chi connectivity index (χ1v) is 5.46. The van der Waals surface area contributed by atoms with Crippen molar-refractivity contribution < 1.29 is 4.79 Å². The van der Waals surface area contributed by atoms with E-state index in [2.05, 4.69) is 20.6 Å². The molecule has 86 valence electrons. The summed E-state index contributed by atoms with van der Waals surface area (Å²) in [5, 5.41) is 14.7. The molecular formula is C9H12ClN5O. The number of carbonyl (C=O) groups excluding carboxylic acids is 1. The molecule has 0 radical (unpaired) electrons. The molecule has 1 amide bonds. The number of nitrogens with zero attached hydrogens (tertiary/aromatic N) is 3. The van der Waals surface area contributed by atoms with Gasteiger partial charge in [0.05, 0.1) is 11.1 Å². The summed E-state index contributed by atoms with van der Waals surface area (Å²) in [5.41, 5.74) is 1.62. The summed E-state index contributed by atoms with van der Waals surface area (Å²) in [6.07, 6.45) is 0.778. The Labute approximate surface area is 97.0 Å². The molecule has 6 nitrogen and oxygen atoms in total. The van der Waals surface area contributed by atoms with E-state index in [4.69, 9.17) is 11.6 Å². The van der Waals surface area contributed by atoms with Crippen molar-refractivity contribution in [3.05, 3.63) is 5.69 Å². The second-order valence-corrected chi connectivity index (χ2v) is 3.67. The number of anilines is 1. The number of carbonyl (C=O) groups is 1. The molecule has 0 spiro atoms. The molecule has 16 heavy (non-hydrogen) atoms. The van der Waals surface area contributed by atoms with Crippen molar-refractivity contribution in [3.8, 4) is 0 Å². The van der Waals surface area contributed by atoms with Gasteiger partial charge in [-0.3, -0.25) is 9.89 Å². The van der Waals surface area contributed by atoms with Crippen molar-refractivity contribution >= 4 is 34.4 Å². The molecule has 7 heteroatoms. The van der Waals surface area contributed by atoms with E-state index in [-0.39, 0.29) is 11.8 Å². The van der Waals surface area contributed by atoms with E-state index >= 15 is 0 Å². The smallest absolute Gasteiger partial charge is 0.240 e. The molecule has 2 aromatic rings. The molecule has 0 aromatic carbocycles. The quantitative estimate of drug-likeness (QED) is 0.789. The number of alkyl halides is 1. The zero-order valence-corrected chi connectivity index (χ0v) is 9.80. The summed E-state index contributed by atoms with van der Waals surface area (Å²) in [4.78, 5) is 11.2. The van der Waals surface area contributed by atoms with Gasteiger partial charge in [-0.25, -0.2) is 4.68 Å². The Morgan fingerprint density at radius 2 is 2.38 bits per heavy atom. The van der Waals surface area contributed by atoms with E-state index in [1.165, 1.54) is 0 Å². The van der Waals surface area contributed by atoms with Crippen LogP contribution in [-0.4, -0.2) is 31.8 Å². The highest BCUT2D eigenvalue weighted by Gasteiger charge is 2.16. The van der Waals surface area contributed by atoms with Crippen molar-refractivity contribution in [3.63, 3.8) is 0 Å². The minimum absolute atomic E-state index is 0.0811. The van der Waals surface area contributed by atoms with Gasteiger partial charge in [0.25, 0.3) is 0 Å². The molecule has 2 N–H and O–H groups in total. The third-order valence-electron chi connectivity index (χ3n) is 2.33. The highest BCUT2D eigenvalue weighted by molar-refractivity contribution is 6.29. The van der Waals surface area contributed by atoms with Gasteiger partial charge < -0.3 is 5.32 Å². The van der Waals surface area contributed by atoms with Gasteiger partial charge in [-0.15, -0.1) is 11.6 Å². The van der Waals surface area contributed by atoms with E-state index in [1.807, 2.05) is 14.0 Å². The third kappa shape index (κ3) is 1.65. The molecular weight excluding hydrogens is 230 g/mol. The Bertz CT molecular complexity index is 529. The molecule has 0 fully saturated rings. The lowest BCUT2D eigenvalue weighted by Crippen LogP contribution is -2.13. The number of halogens is 1. The fraction of sp³-hybridized carbons (Fsp3) is 0.444. The van der Waals surface area contributed by atoms with Crippen LogP contribution >= 0.6 is 11.6 Å². The highest BCUT2D eigenvalue weighted by atomic mass is 35.5. The summed E-state index contributed by atoms with van der Waals surface area (Å²) in [7, 11) is 1.81. The van der Waals surface area contributed by atoms with E-state index in [0.717, 1.165) is 23.1 Å². The van der Waals surface area contributed by atoms with Crippen LogP contribution in [0.25, 0.3) is 11.0 Å². The van der Waals surface area contributed by atoms with Crippen LogP contribution in [0, 0.1) is 0 Å². The van der Waals surface area contributed by atoms with Crippen LogP contribution in [0.4, 0.5) is 5.82 Å². The lowest BCUT2D eigenvalue weighted by Gasteiger charge is -1.99. The second kappa shape index (κ2) is 4.13. The first kappa shape index (κ1) is 10.9. The molecule has 0 aliphatic carbocycles. The predicted octanol–water partition coefficient (Wildman–Crippen LogP) is 1.04. The van der Waals surface area contributed by atoms with Crippen molar-refractivity contribution in [2.75, 3.05) is 11.2 Å². The molecule has 0 unspecified atom stereocenters. The largest absolute Gasteiger partial charge is 0.309 e. The van der Waals surface area contributed by atoms with Crippen LogP contribution in [0.5, 0.6) is 0 Å². The number of aromatic amines is 1. The first-order chi connectivity index (χ1) is 7.67. The van der Waals surface area contributed by atoms with Gasteiger partial charge in [0, 0.05) is 7.05 Å². The van der Waals surface area contributed by atoms with Crippen molar-refractivity contribution in [2.24, 2.45) is 7.05 Å². The first-order valence-electron chi connectivity index (χ1n) is 4.93. The van der Waals surface area contributed by atoms with Gasteiger partial charge in [0.1, 0.15) is 11.7 Å². The third-order valence-corrected chi connectivity index (χ3v) is 2.58. The molecule has 0 saturated heterocycles. The number of aromatic nitrogens is 4. The summed E-state index contributed by atoms with van der Waals surface area (Å²) < 4.78 is 1.68. The number of hydrogen-bond acceptors (Lipinski definition) is 3. The van der Waals surface area contributed by atoms with Crippen molar-refractivity contribution in [1.82, 2.24) is 20.0 Å². The molecule has 0 aliphatic rings. The number of amides is 1. The summed E-state index contributed by atoms with van der Waals surface area (Å²) in [5.74, 6) is 0.214. The second-order valence-electron chi connectivity index (χ2n) is 3.40. The highest BCUT2D eigenvalue weighted by Crippen LogP contribution is 2.24.